The predicted molar refractivity (Wildman–Crippen MR) is 64.5 cm³/mol. The molecule has 1 aliphatic carbocycles. The summed E-state index contributed by atoms with van der Waals surface area (Å²) >= 11 is 0. The van der Waals surface area contributed by atoms with E-state index in [4.69, 9.17) is 10.3 Å². The molecular weight excluding hydrogens is 220 g/mol. The molecule has 0 spiro atoms. The Morgan fingerprint density at radius 2 is 2.29 bits per heavy atom. The van der Waals surface area contributed by atoms with Gasteiger partial charge in [-0.15, -0.1) is 0 Å². The lowest BCUT2D eigenvalue weighted by Crippen LogP contribution is -2.44. The molecule has 6 nitrogen and oxygen atoms in total. The van der Waals surface area contributed by atoms with Gasteiger partial charge in [0.25, 0.3) is 0 Å². The SMILES string of the molecule is COC1(CC(=O)NCCCCN=[N+]=[N-])CCC1. The summed E-state index contributed by atoms with van der Waals surface area (Å²) in [5.41, 5.74) is 7.87. The van der Waals surface area contributed by atoms with E-state index in [-0.39, 0.29) is 11.5 Å². The number of amides is 1. The third kappa shape index (κ3) is 4.63. The van der Waals surface area contributed by atoms with Gasteiger partial charge in [-0.25, -0.2) is 0 Å². The van der Waals surface area contributed by atoms with E-state index in [0.29, 0.717) is 19.5 Å². The third-order valence-corrected chi connectivity index (χ3v) is 3.25. The van der Waals surface area contributed by atoms with Crippen LogP contribution in [0.3, 0.4) is 0 Å². The summed E-state index contributed by atoms with van der Waals surface area (Å²) < 4.78 is 5.39. The molecule has 0 unspecified atom stereocenters. The van der Waals surface area contributed by atoms with Crippen molar-refractivity contribution in [3.8, 4) is 0 Å². The van der Waals surface area contributed by atoms with Crippen molar-refractivity contribution in [2.24, 2.45) is 5.11 Å². The summed E-state index contributed by atoms with van der Waals surface area (Å²) in [5, 5.41) is 6.30. The second-order valence-corrected chi connectivity index (χ2v) is 4.43. The highest BCUT2D eigenvalue weighted by atomic mass is 16.5. The summed E-state index contributed by atoms with van der Waals surface area (Å²) in [4.78, 5) is 14.3. The highest BCUT2D eigenvalue weighted by Crippen LogP contribution is 2.37. The molecule has 6 heteroatoms. The average Bonchev–Trinajstić information content (AvgIpc) is 2.28. The Balaban J connectivity index is 2.07. The summed E-state index contributed by atoms with van der Waals surface area (Å²) in [5.74, 6) is 0.0512. The molecule has 0 aromatic rings. The van der Waals surface area contributed by atoms with Crippen LogP contribution in [-0.2, 0) is 9.53 Å². The van der Waals surface area contributed by atoms with E-state index >= 15 is 0 Å². The lowest BCUT2D eigenvalue weighted by Gasteiger charge is -2.39. The number of carbonyl (C=O) groups excluding carboxylic acids is 1. The summed E-state index contributed by atoms with van der Waals surface area (Å²) in [6, 6.07) is 0. The Bertz CT molecular complexity index is 290. The van der Waals surface area contributed by atoms with E-state index in [1.807, 2.05) is 0 Å². The molecule has 1 N–H and O–H groups in total. The van der Waals surface area contributed by atoms with Crippen molar-refractivity contribution in [1.29, 1.82) is 0 Å². The van der Waals surface area contributed by atoms with E-state index in [2.05, 4.69) is 15.3 Å². The van der Waals surface area contributed by atoms with Crippen LogP contribution in [0.15, 0.2) is 5.11 Å². The number of nitrogens with zero attached hydrogens (tertiary/aromatic N) is 3. The van der Waals surface area contributed by atoms with Crippen LogP contribution in [0.2, 0.25) is 0 Å². The number of rotatable bonds is 8. The largest absolute Gasteiger partial charge is 0.378 e. The van der Waals surface area contributed by atoms with Crippen molar-refractivity contribution in [1.82, 2.24) is 5.32 Å². The highest BCUT2D eigenvalue weighted by Gasteiger charge is 2.38. The molecule has 96 valence electrons. The fourth-order valence-corrected chi connectivity index (χ4v) is 1.96. The minimum atomic E-state index is -0.199. The van der Waals surface area contributed by atoms with E-state index in [1.54, 1.807) is 7.11 Å². The maximum Gasteiger partial charge on any atom is 0.222 e. The molecular formula is C11H20N4O2. The molecule has 0 saturated heterocycles. The molecule has 1 aliphatic rings. The van der Waals surface area contributed by atoms with E-state index < -0.39 is 0 Å². The summed E-state index contributed by atoms with van der Waals surface area (Å²) in [6.45, 7) is 1.13. The number of carbonyl (C=O) groups is 1. The van der Waals surface area contributed by atoms with Crippen molar-refractivity contribution in [2.45, 2.75) is 44.1 Å². The van der Waals surface area contributed by atoms with Crippen molar-refractivity contribution < 1.29 is 9.53 Å². The summed E-state index contributed by atoms with van der Waals surface area (Å²) in [6.07, 6.45) is 5.21. The molecule has 0 radical (unpaired) electrons. The van der Waals surface area contributed by atoms with E-state index in [1.165, 1.54) is 0 Å². The van der Waals surface area contributed by atoms with Gasteiger partial charge in [-0.3, -0.25) is 4.79 Å². The lowest BCUT2D eigenvalue weighted by molar-refractivity contribution is -0.134. The number of methoxy groups -OCH3 is 1. The van der Waals surface area contributed by atoms with Gasteiger partial charge in [0.15, 0.2) is 0 Å². The second kappa shape index (κ2) is 7.14. The molecule has 0 aromatic heterocycles. The first-order valence-electron chi connectivity index (χ1n) is 6.05. The number of unbranched alkanes of at least 4 members (excludes halogenated alkanes) is 1. The number of nitrogens with one attached hydrogen (secondary N) is 1. The van der Waals surface area contributed by atoms with Crippen molar-refractivity contribution in [3.63, 3.8) is 0 Å². The monoisotopic (exact) mass is 240 g/mol. The zero-order valence-corrected chi connectivity index (χ0v) is 10.3. The minimum Gasteiger partial charge on any atom is -0.378 e. The molecule has 0 bridgehead atoms. The van der Waals surface area contributed by atoms with Gasteiger partial charge < -0.3 is 10.1 Å². The molecule has 1 amide bonds. The Labute approximate surface area is 101 Å². The Morgan fingerprint density at radius 1 is 1.53 bits per heavy atom. The highest BCUT2D eigenvalue weighted by molar-refractivity contribution is 5.77. The van der Waals surface area contributed by atoms with Crippen molar-refractivity contribution in [3.05, 3.63) is 10.4 Å². The molecule has 1 fully saturated rings. The molecule has 0 aromatic carbocycles. The van der Waals surface area contributed by atoms with Gasteiger partial charge in [-0.1, -0.05) is 5.11 Å². The first-order valence-corrected chi connectivity index (χ1v) is 6.05. The van der Waals surface area contributed by atoms with Gasteiger partial charge in [0.2, 0.25) is 5.91 Å². The normalized spacial score (nSPS) is 16.8. The zero-order valence-electron chi connectivity index (χ0n) is 10.3. The molecule has 0 heterocycles. The maximum atomic E-state index is 11.6. The van der Waals surface area contributed by atoms with E-state index in [0.717, 1.165) is 32.1 Å². The zero-order chi connectivity index (χ0) is 12.6. The number of ether oxygens (including phenoxy) is 1. The first kappa shape index (κ1) is 13.8. The Kier molecular flexibility index (Phi) is 5.80. The van der Waals surface area contributed by atoms with Crippen LogP contribution in [0.1, 0.15) is 38.5 Å². The Morgan fingerprint density at radius 3 is 2.82 bits per heavy atom. The molecule has 1 rings (SSSR count). The Hall–Kier alpha value is -1.26. The van der Waals surface area contributed by atoms with Crippen LogP contribution < -0.4 is 5.32 Å². The average molecular weight is 240 g/mol. The number of hydrogen-bond acceptors (Lipinski definition) is 3. The molecule has 0 aliphatic heterocycles. The maximum absolute atomic E-state index is 11.6. The third-order valence-electron chi connectivity index (χ3n) is 3.25. The van der Waals surface area contributed by atoms with Crippen molar-refractivity contribution >= 4 is 5.91 Å². The number of azide groups is 1. The van der Waals surface area contributed by atoms with Crippen LogP contribution in [0.5, 0.6) is 0 Å². The standard InChI is InChI=1S/C11H20N4O2/c1-17-11(5-4-6-11)9-10(16)13-7-2-3-8-14-15-12/h2-9H2,1H3,(H,13,16). The molecule has 0 atom stereocenters. The van der Waals surface area contributed by atoms with Gasteiger partial charge >= 0.3 is 0 Å². The van der Waals surface area contributed by atoms with Crippen LogP contribution in [0, 0.1) is 0 Å². The van der Waals surface area contributed by atoms with Crippen LogP contribution in [0.25, 0.3) is 10.4 Å². The smallest absolute Gasteiger partial charge is 0.222 e. The van der Waals surface area contributed by atoms with E-state index in [9.17, 15) is 4.79 Å². The second-order valence-electron chi connectivity index (χ2n) is 4.43. The van der Waals surface area contributed by atoms with Crippen molar-refractivity contribution in [2.75, 3.05) is 20.2 Å². The number of hydrogen-bond donors (Lipinski definition) is 1. The van der Waals surface area contributed by atoms with Gasteiger partial charge in [0.05, 0.1) is 12.0 Å². The van der Waals surface area contributed by atoms with Crippen LogP contribution in [0.4, 0.5) is 0 Å². The fraction of sp³-hybridized carbons (Fsp3) is 0.909. The fourth-order valence-electron chi connectivity index (χ4n) is 1.96. The molecule has 17 heavy (non-hydrogen) atoms. The topological polar surface area (TPSA) is 87.1 Å². The van der Waals surface area contributed by atoms with Gasteiger partial charge in [-0.2, -0.15) is 0 Å². The lowest BCUT2D eigenvalue weighted by atomic mass is 9.77. The first-order chi connectivity index (χ1) is 8.22. The van der Waals surface area contributed by atoms with Crippen LogP contribution in [-0.4, -0.2) is 31.7 Å². The van der Waals surface area contributed by atoms with Gasteiger partial charge in [0, 0.05) is 25.1 Å². The van der Waals surface area contributed by atoms with Gasteiger partial charge in [-0.05, 0) is 37.6 Å². The summed E-state index contributed by atoms with van der Waals surface area (Å²) in [7, 11) is 1.67. The van der Waals surface area contributed by atoms with Gasteiger partial charge in [0.1, 0.15) is 0 Å². The molecule has 1 saturated carbocycles. The predicted octanol–water partition coefficient (Wildman–Crippen LogP) is 2.15. The quantitative estimate of drug-likeness (QED) is 0.305. The van der Waals surface area contributed by atoms with Crippen LogP contribution >= 0.6 is 0 Å². The minimum absolute atomic E-state index is 0.0512.